The van der Waals surface area contributed by atoms with Crippen LogP contribution >= 0.6 is 23.2 Å². The predicted molar refractivity (Wildman–Crippen MR) is 129 cm³/mol. The van der Waals surface area contributed by atoms with E-state index in [1.54, 1.807) is 26.4 Å². The fourth-order valence-electron chi connectivity index (χ4n) is 3.65. The largest absolute Gasteiger partial charge is 0.491 e. The lowest BCUT2D eigenvalue weighted by Crippen LogP contribution is -1.99. The summed E-state index contributed by atoms with van der Waals surface area (Å²) in [7, 11) is 3.09. The Morgan fingerprint density at radius 3 is 1.53 bits per heavy atom. The first-order chi connectivity index (χ1) is 15.4. The van der Waals surface area contributed by atoms with Gasteiger partial charge in [-0.3, -0.25) is 4.79 Å². The molecule has 7 heteroatoms. The van der Waals surface area contributed by atoms with Crippen LogP contribution in [0.1, 0.15) is 37.8 Å². The van der Waals surface area contributed by atoms with Crippen molar-refractivity contribution in [1.82, 2.24) is 0 Å². The lowest BCUT2D eigenvalue weighted by molar-refractivity contribution is -0.111. The zero-order valence-electron chi connectivity index (χ0n) is 18.6. The molecule has 2 aromatic carbocycles. The smallest absolute Gasteiger partial charge is 0.185 e. The molecule has 32 heavy (non-hydrogen) atoms. The number of carbonyl (C=O) groups is 1. The van der Waals surface area contributed by atoms with Gasteiger partial charge in [0.25, 0.3) is 0 Å². The third-order valence-corrected chi connectivity index (χ3v) is 5.56. The van der Waals surface area contributed by atoms with Gasteiger partial charge in [-0.05, 0) is 74.2 Å². The molecule has 1 fully saturated rings. The number of Topliss-reactive ketones (excluding diaryl/α,β-unsaturated/α-hetero) is 1. The Morgan fingerprint density at radius 2 is 1.19 bits per heavy atom. The highest BCUT2D eigenvalue weighted by Gasteiger charge is 2.24. The highest BCUT2D eigenvalue weighted by molar-refractivity contribution is 6.33. The van der Waals surface area contributed by atoms with Gasteiger partial charge in [-0.1, -0.05) is 23.2 Å². The zero-order chi connectivity index (χ0) is 23.3. The van der Waals surface area contributed by atoms with Crippen molar-refractivity contribution in [2.45, 2.75) is 26.7 Å². The zero-order valence-corrected chi connectivity index (χ0v) is 20.1. The van der Waals surface area contributed by atoms with Crippen LogP contribution in [0.4, 0.5) is 0 Å². The molecule has 0 N–H and O–H groups in total. The van der Waals surface area contributed by atoms with Gasteiger partial charge in [0, 0.05) is 11.1 Å². The average Bonchev–Trinajstić information content (AvgIpc) is 3.07. The van der Waals surface area contributed by atoms with E-state index in [-0.39, 0.29) is 5.78 Å². The second-order valence-electron chi connectivity index (χ2n) is 7.10. The first-order valence-corrected chi connectivity index (χ1v) is 11.1. The van der Waals surface area contributed by atoms with Gasteiger partial charge in [0.05, 0.1) is 37.5 Å². The summed E-state index contributed by atoms with van der Waals surface area (Å²) in [6, 6.07) is 7.19. The average molecular weight is 477 g/mol. The first kappa shape index (κ1) is 24.0. The van der Waals surface area contributed by atoms with Crippen LogP contribution in [0.2, 0.25) is 10.0 Å². The number of hydrogen-bond donors (Lipinski definition) is 0. The molecule has 0 atom stereocenters. The maximum absolute atomic E-state index is 13.0. The molecule has 1 saturated carbocycles. The van der Waals surface area contributed by atoms with Crippen LogP contribution in [-0.2, 0) is 4.79 Å². The lowest BCUT2D eigenvalue weighted by atomic mass is 10.1. The number of methoxy groups -OCH3 is 2. The Bertz CT molecular complexity index is 989. The van der Waals surface area contributed by atoms with Gasteiger partial charge in [-0.25, -0.2) is 0 Å². The molecule has 0 aromatic heterocycles. The molecule has 0 heterocycles. The van der Waals surface area contributed by atoms with Crippen molar-refractivity contribution in [3.8, 4) is 23.0 Å². The Kier molecular flexibility index (Phi) is 8.10. The molecule has 0 amide bonds. The summed E-state index contributed by atoms with van der Waals surface area (Å²) >= 11 is 12.7. The van der Waals surface area contributed by atoms with Crippen molar-refractivity contribution in [2.75, 3.05) is 27.4 Å². The Hall–Kier alpha value is -2.63. The molecule has 2 aromatic rings. The van der Waals surface area contributed by atoms with E-state index < -0.39 is 0 Å². The van der Waals surface area contributed by atoms with Gasteiger partial charge in [0.1, 0.15) is 0 Å². The minimum atomic E-state index is -0.000184. The van der Waals surface area contributed by atoms with E-state index in [1.807, 2.05) is 38.1 Å². The van der Waals surface area contributed by atoms with E-state index in [2.05, 4.69) is 0 Å². The van der Waals surface area contributed by atoms with Crippen LogP contribution in [0.25, 0.3) is 12.2 Å². The molecule has 3 rings (SSSR count). The molecule has 5 nitrogen and oxygen atoms in total. The maximum Gasteiger partial charge on any atom is 0.185 e. The molecule has 0 aliphatic heterocycles. The highest BCUT2D eigenvalue weighted by Crippen LogP contribution is 2.39. The summed E-state index contributed by atoms with van der Waals surface area (Å²) in [5, 5.41) is 0.866. The third-order valence-electron chi connectivity index (χ3n) is 5.00. The van der Waals surface area contributed by atoms with Crippen molar-refractivity contribution in [3.63, 3.8) is 0 Å². The van der Waals surface area contributed by atoms with Crippen LogP contribution in [0, 0.1) is 0 Å². The summed E-state index contributed by atoms with van der Waals surface area (Å²) in [6.45, 7) is 4.73. The lowest BCUT2D eigenvalue weighted by Gasteiger charge is -2.12. The SMILES string of the molecule is CCOc1cc(/C=C2/CC/C(=C/c3cc(Cl)c(OC)c(OCC)c3)C2=O)cc(Cl)c1OC. The predicted octanol–water partition coefficient (Wildman–Crippen LogP) is 6.64. The summed E-state index contributed by atoms with van der Waals surface area (Å²) in [5.41, 5.74) is 3.00. The normalized spacial score (nSPS) is 16.0. The molecule has 0 unspecified atom stereocenters. The van der Waals surface area contributed by atoms with Gasteiger partial charge < -0.3 is 18.9 Å². The summed E-state index contributed by atoms with van der Waals surface area (Å²) in [6.07, 6.45) is 4.98. The summed E-state index contributed by atoms with van der Waals surface area (Å²) < 4.78 is 21.9. The van der Waals surface area contributed by atoms with Gasteiger partial charge in [0.2, 0.25) is 0 Å². The van der Waals surface area contributed by atoms with E-state index in [0.717, 1.165) is 11.1 Å². The summed E-state index contributed by atoms with van der Waals surface area (Å²) in [5.74, 6) is 2.06. The van der Waals surface area contributed by atoms with Crippen molar-refractivity contribution in [1.29, 1.82) is 0 Å². The molecule has 170 valence electrons. The summed E-state index contributed by atoms with van der Waals surface area (Å²) in [4.78, 5) is 13.0. The monoisotopic (exact) mass is 476 g/mol. The Labute approximate surface area is 198 Å². The molecule has 0 bridgehead atoms. The van der Waals surface area contributed by atoms with E-state index >= 15 is 0 Å². The minimum Gasteiger partial charge on any atom is -0.491 e. The Balaban J connectivity index is 1.91. The molecule has 0 spiro atoms. The van der Waals surface area contributed by atoms with Gasteiger partial charge in [-0.15, -0.1) is 0 Å². The van der Waals surface area contributed by atoms with Crippen molar-refractivity contribution in [3.05, 3.63) is 56.6 Å². The molecular formula is C25H26Cl2O5. The molecule has 0 saturated heterocycles. The number of carbonyl (C=O) groups excluding carboxylic acids is 1. The third kappa shape index (κ3) is 5.22. The van der Waals surface area contributed by atoms with Crippen LogP contribution in [0.15, 0.2) is 35.4 Å². The van der Waals surface area contributed by atoms with E-state index in [0.29, 0.717) is 70.2 Å². The number of hydrogen-bond acceptors (Lipinski definition) is 5. The molecule has 1 aliphatic rings. The van der Waals surface area contributed by atoms with Crippen molar-refractivity contribution >= 4 is 41.1 Å². The molecule has 1 aliphatic carbocycles. The van der Waals surface area contributed by atoms with Crippen LogP contribution in [0.3, 0.4) is 0 Å². The van der Waals surface area contributed by atoms with E-state index in [1.165, 1.54) is 0 Å². The number of halogens is 2. The van der Waals surface area contributed by atoms with E-state index in [4.69, 9.17) is 42.1 Å². The standard InChI is InChI=1S/C25H26Cl2O5/c1-5-31-21-13-15(11-19(26)24(21)29-3)9-17-7-8-18(23(17)28)10-16-12-20(27)25(30-4)22(14-16)32-6-2/h9-14H,5-8H2,1-4H3/b17-9-,18-10-. The van der Waals surface area contributed by atoms with Crippen molar-refractivity contribution < 1.29 is 23.7 Å². The maximum atomic E-state index is 13.0. The number of ether oxygens (including phenoxy) is 4. The first-order valence-electron chi connectivity index (χ1n) is 10.4. The van der Waals surface area contributed by atoms with Crippen LogP contribution < -0.4 is 18.9 Å². The number of rotatable bonds is 8. The fourth-order valence-corrected chi connectivity index (χ4v) is 4.24. The van der Waals surface area contributed by atoms with Gasteiger partial charge >= 0.3 is 0 Å². The quantitative estimate of drug-likeness (QED) is 0.399. The van der Waals surface area contributed by atoms with Gasteiger partial charge in [-0.2, -0.15) is 0 Å². The minimum absolute atomic E-state index is 0.000184. The number of benzene rings is 2. The number of ketones is 1. The second-order valence-corrected chi connectivity index (χ2v) is 7.92. The number of allylic oxidation sites excluding steroid dienone is 2. The topological polar surface area (TPSA) is 54.0 Å². The second kappa shape index (κ2) is 10.8. The fraction of sp³-hybridized carbons (Fsp3) is 0.320. The van der Waals surface area contributed by atoms with Crippen molar-refractivity contribution in [2.24, 2.45) is 0 Å². The Morgan fingerprint density at radius 1 is 0.781 bits per heavy atom. The van der Waals surface area contributed by atoms with E-state index in [9.17, 15) is 4.79 Å². The van der Waals surface area contributed by atoms with Crippen LogP contribution in [0.5, 0.6) is 23.0 Å². The molecular weight excluding hydrogens is 451 g/mol. The highest BCUT2D eigenvalue weighted by atomic mass is 35.5. The molecule has 0 radical (unpaired) electrons. The van der Waals surface area contributed by atoms with Gasteiger partial charge in [0.15, 0.2) is 28.8 Å². The van der Waals surface area contributed by atoms with Crippen LogP contribution in [-0.4, -0.2) is 33.2 Å².